The zero-order valence-electron chi connectivity index (χ0n) is 11.0. The highest BCUT2D eigenvalue weighted by molar-refractivity contribution is 9.10. The van der Waals surface area contributed by atoms with Crippen LogP contribution in [0.25, 0.3) is 0 Å². The number of carboxylic acids is 1. The molecule has 1 unspecified atom stereocenters. The lowest BCUT2D eigenvalue weighted by Crippen LogP contribution is -2.26. The molecule has 1 aromatic carbocycles. The summed E-state index contributed by atoms with van der Waals surface area (Å²) in [6.07, 6.45) is -0.536. The Bertz CT molecular complexity index is 451. The molecule has 1 aromatic rings. The van der Waals surface area contributed by atoms with E-state index >= 15 is 0 Å². The first-order valence-electron chi connectivity index (χ1n) is 6.08. The molecule has 0 aliphatic rings. The van der Waals surface area contributed by atoms with Gasteiger partial charge in [-0.15, -0.1) is 0 Å². The van der Waals surface area contributed by atoms with Gasteiger partial charge in [-0.1, -0.05) is 6.92 Å². The number of rotatable bonds is 7. The maximum atomic E-state index is 11.0. The van der Waals surface area contributed by atoms with E-state index in [1.807, 2.05) is 6.92 Å². The summed E-state index contributed by atoms with van der Waals surface area (Å²) in [5.74, 6) is -0.106. The molecule has 6 heteroatoms. The first-order valence-corrected chi connectivity index (χ1v) is 6.87. The molecule has 1 rings (SSSR count). The zero-order chi connectivity index (χ0) is 14.4. The summed E-state index contributed by atoms with van der Waals surface area (Å²) in [4.78, 5) is 11.0. The molecule has 0 saturated heterocycles. The Morgan fingerprint density at radius 2 is 2.16 bits per heavy atom. The second-order valence-electron chi connectivity index (χ2n) is 3.90. The molecule has 1 atom stereocenters. The lowest BCUT2D eigenvalue weighted by Gasteiger charge is -2.18. The van der Waals surface area contributed by atoms with Gasteiger partial charge >= 0.3 is 5.97 Å². The first kappa shape index (κ1) is 15.8. The van der Waals surface area contributed by atoms with E-state index in [1.54, 1.807) is 19.1 Å². The summed E-state index contributed by atoms with van der Waals surface area (Å²) in [6.45, 7) is 4.43. The van der Waals surface area contributed by atoms with Gasteiger partial charge in [-0.2, -0.15) is 0 Å². The van der Waals surface area contributed by atoms with E-state index in [1.165, 1.54) is 0 Å². The van der Waals surface area contributed by atoms with Crippen LogP contribution in [-0.4, -0.2) is 23.8 Å². The molecule has 0 aliphatic carbocycles. The van der Waals surface area contributed by atoms with Gasteiger partial charge in [0.15, 0.2) is 17.6 Å². The predicted molar refractivity (Wildman–Crippen MR) is 75.5 cm³/mol. The number of benzene rings is 1. The summed E-state index contributed by atoms with van der Waals surface area (Å²) < 4.78 is 11.6. The molecule has 19 heavy (non-hydrogen) atoms. The van der Waals surface area contributed by atoms with Crippen molar-refractivity contribution >= 4 is 21.9 Å². The average molecular weight is 332 g/mol. The fourth-order valence-electron chi connectivity index (χ4n) is 1.57. The van der Waals surface area contributed by atoms with Gasteiger partial charge in [0.2, 0.25) is 0 Å². The Morgan fingerprint density at radius 3 is 2.63 bits per heavy atom. The van der Waals surface area contributed by atoms with Crippen LogP contribution in [0.2, 0.25) is 0 Å². The van der Waals surface area contributed by atoms with Crippen molar-refractivity contribution < 1.29 is 19.4 Å². The molecule has 106 valence electrons. The lowest BCUT2D eigenvalue weighted by atomic mass is 10.2. The van der Waals surface area contributed by atoms with Gasteiger partial charge in [0, 0.05) is 6.54 Å². The van der Waals surface area contributed by atoms with Crippen molar-refractivity contribution in [3.05, 3.63) is 22.2 Å². The van der Waals surface area contributed by atoms with Crippen molar-refractivity contribution in [3.8, 4) is 11.5 Å². The Balaban J connectivity index is 3.13. The van der Waals surface area contributed by atoms with Crippen LogP contribution in [0.5, 0.6) is 11.5 Å². The van der Waals surface area contributed by atoms with Crippen molar-refractivity contribution in [2.75, 3.05) is 6.61 Å². The highest BCUT2D eigenvalue weighted by Crippen LogP contribution is 2.37. The maximum Gasteiger partial charge on any atom is 0.344 e. The van der Waals surface area contributed by atoms with E-state index in [0.717, 1.165) is 5.56 Å². The van der Waals surface area contributed by atoms with E-state index in [9.17, 15) is 4.79 Å². The normalized spacial score (nSPS) is 12.0. The van der Waals surface area contributed by atoms with Gasteiger partial charge in [-0.25, -0.2) is 4.79 Å². The summed E-state index contributed by atoms with van der Waals surface area (Å²) in [5, 5.41) is 9.05. The minimum Gasteiger partial charge on any atom is -0.490 e. The number of halogens is 1. The fourth-order valence-corrected chi connectivity index (χ4v) is 2.15. The first-order chi connectivity index (χ1) is 9.03. The average Bonchev–Trinajstić information content (AvgIpc) is 2.37. The molecule has 3 N–H and O–H groups in total. The summed E-state index contributed by atoms with van der Waals surface area (Å²) >= 11 is 3.36. The third kappa shape index (κ3) is 4.11. The highest BCUT2D eigenvalue weighted by Gasteiger charge is 2.21. The quantitative estimate of drug-likeness (QED) is 0.802. The molecule has 0 aromatic heterocycles. The van der Waals surface area contributed by atoms with E-state index in [2.05, 4.69) is 15.9 Å². The SMILES string of the molecule is CCOc1cc(CN)cc(Br)c1OC(CC)C(=O)O. The van der Waals surface area contributed by atoms with Crippen LogP contribution in [0.4, 0.5) is 0 Å². The van der Waals surface area contributed by atoms with Crippen LogP contribution in [0.15, 0.2) is 16.6 Å². The second kappa shape index (κ2) is 7.35. The third-order valence-corrected chi connectivity index (χ3v) is 3.10. The van der Waals surface area contributed by atoms with Gasteiger partial charge in [0.25, 0.3) is 0 Å². The standard InChI is InChI=1S/C13H18BrNO4/c1-3-10(13(16)17)19-12-9(14)5-8(7-15)6-11(12)18-4-2/h5-6,10H,3-4,7,15H2,1-2H3,(H,16,17). The lowest BCUT2D eigenvalue weighted by molar-refractivity contribution is -0.145. The van der Waals surface area contributed by atoms with Gasteiger partial charge in [0.1, 0.15) is 0 Å². The number of hydrogen-bond acceptors (Lipinski definition) is 4. The molecule has 5 nitrogen and oxygen atoms in total. The van der Waals surface area contributed by atoms with Crippen LogP contribution in [0.3, 0.4) is 0 Å². The number of ether oxygens (including phenoxy) is 2. The second-order valence-corrected chi connectivity index (χ2v) is 4.75. The van der Waals surface area contributed by atoms with Crippen LogP contribution in [-0.2, 0) is 11.3 Å². The van der Waals surface area contributed by atoms with E-state index in [0.29, 0.717) is 35.5 Å². The molecule has 0 radical (unpaired) electrons. The molecule has 0 saturated carbocycles. The maximum absolute atomic E-state index is 11.0. The van der Waals surface area contributed by atoms with Gasteiger partial charge < -0.3 is 20.3 Å². The molecular weight excluding hydrogens is 314 g/mol. The van der Waals surface area contributed by atoms with Crippen molar-refractivity contribution in [2.45, 2.75) is 32.9 Å². The third-order valence-electron chi connectivity index (χ3n) is 2.51. The minimum atomic E-state index is -1.00. The van der Waals surface area contributed by atoms with E-state index in [-0.39, 0.29) is 0 Å². The molecule has 0 heterocycles. The van der Waals surface area contributed by atoms with Crippen LogP contribution >= 0.6 is 15.9 Å². The monoisotopic (exact) mass is 331 g/mol. The zero-order valence-corrected chi connectivity index (χ0v) is 12.6. The van der Waals surface area contributed by atoms with E-state index in [4.69, 9.17) is 20.3 Å². The Kier molecular flexibility index (Phi) is 6.11. The number of hydrogen-bond donors (Lipinski definition) is 2. The van der Waals surface area contributed by atoms with Crippen molar-refractivity contribution in [1.29, 1.82) is 0 Å². The van der Waals surface area contributed by atoms with Crippen molar-refractivity contribution in [2.24, 2.45) is 5.73 Å². The topological polar surface area (TPSA) is 81.8 Å². The molecule has 0 bridgehead atoms. The van der Waals surface area contributed by atoms with Crippen molar-refractivity contribution in [1.82, 2.24) is 0 Å². The summed E-state index contributed by atoms with van der Waals surface area (Å²) in [5.41, 5.74) is 6.48. The van der Waals surface area contributed by atoms with Gasteiger partial charge in [0.05, 0.1) is 11.1 Å². The van der Waals surface area contributed by atoms with Crippen LogP contribution in [0, 0.1) is 0 Å². The molecule has 0 aliphatic heterocycles. The van der Waals surface area contributed by atoms with Gasteiger partial charge in [-0.05, 0) is 47.0 Å². The predicted octanol–water partition coefficient (Wildman–Crippen LogP) is 2.55. The smallest absolute Gasteiger partial charge is 0.344 e. The molecule has 0 spiro atoms. The summed E-state index contributed by atoms with van der Waals surface area (Å²) in [7, 11) is 0. The summed E-state index contributed by atoms with van der Waals surface area (Å²) in [6, 6.07) is 3.56. The Hall–Kier alpha value is -1.27. The fraction of sp³-hybridized carbons (Fsp3) is 0.462. The molecule has 0 fully saturated rings. The minimum absolute atomic E-state index is 0.367. The molecule has 0 amide bonds. The van der Waals surface area contributed by atoms with Crippen LogP contribution in [0.1, 0.15) is 25.8 Å². The number of aliphatic carboxylic acids is 1. The van der Waals surface area contributed by atoms with E-state index < -0.39 is 12.1 Å². The highest BCUT2D eigenvalue weighted by atomic mass is 79.9. The van der Waals surface area contributed by atoms with Gasteiger partial charge in [-0.3, -0.25) is 0 Å². The number of nitrogens with two attached hydrogens (primary N) is 1. The Labute approximate surface area is 120 Å². The number of carbonyl (C=O) groups is 1. The number of carboxylic acid groups (broad SMARTS) is 1. The van der Waals surface area contributed by atoms with Crippen molar-refractivity contribution in [3.63, 3.8) is 0 Å². The molecular formula is C13H18BrNO4. The van der Waals surface area contributed by atoms with Crippen LogP contribution < -0.4 is 15.2 Å². The largest absolute Gasteiger partial charge is 0.490 e. The Morgan fingerprint density at radius 1 is 1.47 bits per heavy atom.